The molecule has 4 aromatic rings. The van der Waals surface area contributed by atoms with Crippen molar-refractivity contribution >= 4 is 40.3 Å². The number of furan rings is 1. The van der Waals surface area contributed by atoms with E-state index in [2.05, 4.69) is 44.7 Å². The Morgan fingerprint density at radius 2 is 1.59 bits per heavy atom. The predicted octanol–water partition coefficient (Wildman–Crippen LogP) is 5.30. The van der Waals surface area contributed by atoms with E-state index in [9.17, 15) is 14.9 Å². The second-order valence-electron chi connectivity index (χ2n) is 9.14. The molecular weight excluding hydrogens is 514 g/mol. The Balaban J connectivity index is 1.12. The number of carbonyl (C=O) groups is 1. The molecule has 3 aromatic carbocycles. The number of piperazine rings is 1. The van der Waals surface area contributed by atoms with Crippen molar-refractivity contribution in [1.29, 1.82) is 0 Å². The number of carbonyl (C=O) groups excluding carboxylic acids is 1. The lowest BCUT2D eigenvalue weighted by atomic mass is 10.1. The fraction of sp³-hybridized carbons (Fsp3) is 0.172. The SMILES string of the molecule is O=C(NC(=S)Nc1ccc(N2CCN(Cc3ccccc3)CC2)cc1)c1ccc(-c2ccccc2[N+](=O)[O-])o1. The first-order valence-electron chi connectivity index (χ1n) is 12.5. The summed E-state index contributed by atoms with van der Waals surface area (Å²) in [6, 6.07) is 27.6. The topological polar surface area (TPSA) is 104 Å². The number of nitrogens with zero attached hydrogens (tertiary/aromatic N) is 3. The Morgan fingerprint density at radius 3 is 2.31 bits per heavy atom. The number of rotatable bonds is 7. The Hall–Kier alpha value is -4.54. The van der Waals surface area contributed by atoms with Crippen LogP contribution in [0.5, 0.6) is 0 Å². The van der Waals surface area contributed by atoms with E-state index in [1.54, 1.807) is 18.2 Å². The van der Waals surface area contributed by atoms with E-state index in [-0.39, 0.29) is 22.3 Å². The van der Waals surface area contributed by atoms with Gasteiger partial charge in [0, 0.05) is 50.2 Å². The average molecular weight is 542 g/mol. The van der Waals surface area contributed by atoms with E-state index in [0.717, 1.165) is 44.1 Å². The molecule has 9 nitrogen and oxygen atoms in total. The van der Waals surface area contributed by atoms with Crippen molar-refractivity contribution in [2.75, 3.05) is 36.4 Å². The number of thiocarbonyl (C=S) groups is 1. The summed E-state index contributed by atoms with van der Waals surface area (Å²) in [5.41, 5.74) is 3.39. The first kappa shape index (κ1) is 26.1. The molecule has 1 amide bonds. The number of hydrogen-bond donors (Lipinski definition) is 2. The minimum Gasteiger partial charge on any atom is -0.451 e. The molecule has 2 heterocycles. The van der Waals surface area contributed by atoms with Crippen LogP contribution in [0.3, 0.4) is 0 Å². The van der Waals surface area contributed by atoms with Gasteiger partial charge in [0.2, 0.25) is 0 Å². The number of nitro groups is 1. The van der Waals surface area contributed by atoms with E-state index < -0.39 is 10.8 Å². The summed E-state index contributed by atoms with van der Waals surface area (Å²) in [7, 11) is 0. The molecule has 0 atom stereocenters. The van der Waals surface area contributed by atoms with E-state index >= 15 is 0 Å². The van der Waals surface area contributed by atoms with Crippen molar-refractivity contribution in [3.63, 3.8) is 0 Å². The fourth-order valence-corrected chi connectivity index (χ4v) is 4.74. The number of nitrogens with one attached hydrogen (secondary N) is 2. The molecule has 2 N–H and O–H groups in total. The maximum Gasteiger partial charge on any atom is 0.293 e. The number of para-hydroxylation sites is 1. The van der Waals surface area contributed by atoms with Crippen LogP contribution in [0.25, 0.3) is 11.3 Å². The van der Waals surface area contributed by atoms with Gasteiger partial charge in [-0.05, 0) is 60.2 Å². The lowest BCUT2D eigenvalue weighted by Gasteiger charge is -2.36. The van der Waals surface area contributed by atoms with Crippen LogP contribution in [0, 0.1) is 10.1 Å². The summed E-state index contributed by atoms with van der Waals surface area (Å²) < 4.78 is 5.58. The molecule has 1 saturated heterocycles. The zero-order chi connectivity index (χ0) is 27.2. The monoisotopic (exact) mass is 541 g/mol. The van der Waals surface area contributed by atoms with Gasteiger partial charge in [0.1, 0.15) is 5.76 Å². The van der Waals surface area contributed by atoms with Crippen LogP contribution in [0.4, 0.5) is 17.1 Å². The summed E-state index contributed by atoms with van der Waals surface area (Å²) in [6.45, 7) is 4.86. The summed E-state index contributed by atoms with van der Waals surface area (Å²) in [5, 5.41) is 17.0. The third-order valence-corrected chi connectivity index (χ3v) is 6.74. The van der Waals surface area contributed by atoms with Gasteiger partial charge in [-0.2, -0.15) is 0 Å². The highest BCUT2D eigenvalue weighted by molar-refractivity contribution is 7.80. The summed E-state index contributed by atoms with van der Waals surface area (Å²) >= 11 is 5.30. The molecule has 0 radical (unpaired) electrons. The molecule has 0 unspecified atom stereocenters. The highest BCUT2D eigenvalue weighted by atomic mass is 32.1. The largest absolute Gasteiger partial charge is 0.451 e. The van der Waals surface area contributed by atoms with Crippen LogP contribution in [0.1, 0.15) is 16.1 Å². The lowest BCUT2D eigenvalue weighted by Crippen LogP contribution is -2.45. The second-order valence-corrected chi connectivity index (χ2v) is 9.55. The van der Waals surface area contributed by atoms with Gasteiger partial charge in [-0.25, -0.2) is 0 Å². The Morgan fingerprint density at radius 1 is 0.897 bits per heavy atom. The summed E-state index contributed by atoms with van der Waals surface area (Å²) in [5.74, 6) is -0.334. The quantitative estimate of drug-likeness (QED) is 0.185. The number of amides is 1. The van der Waals surface area contributed by atoms with Crippen LogP contribution >= 0.6 is 12.2 Å². The zero-order valence-electron chi connectivity index (χ0n) is 21.1. The van der Waals surface area contributed by atoms with Crippen molar-refractivity contribution < 1.29 is 14.1 Å². The molecule has 1 fully saturated rings. The number of benzene rings is 3. The van der Waals surface area contributed by atoms with Gasteiger partial charge in [0.05, 0.1) is 10.5 Å². The molecule has 39 heavy (non-hydrogen) atoms. The molecule has 0 bridgehead atoms. The molecule has 0 aliphatic carbocycles. The summed E-state index contributed by atoms with van der Waals surface area (Å²) in [6.07, 6.45) is 0. The van der Waals surface area contributed by atoms with Crippen LogP contribution < -0.4 is 15.5 Å². The molecule has 0 saturated carbocycles. The number of hydrogen-bond acceptors (Lipinski definition) is 7. The van der Waals surface area contributed by atoms with Crippen molar-refractivity contribution in [1.82, 2.24) is 10.2 Å². The van der Waals surface area contributed by atoms with Gasteiger partial charge < -0.3 is 14.6 Å². The minimum atomic E-state index is -0.553. The lowest BCUT2D eigenvalue weighted by molar-refractivity contribution is -0.384. The maximum absolute atomic E-state index is 12.6. The fourth-order valence-electron chi connectivity index (χ4n) is 4.53. The molecule has 198 valence electrons. The van der Waals surface area contributed by atoms with Gasteiger partial charge in [-0.15, -0.1) is 0 Å². The van der Waals surface area contributed by atoms with Gasteiger partial charge in [-0.1, -0.05) is 42.5 Å². The molecule has 1 aliphatic heterocycles. The Kier molecular flexibility index (Phi) is 7.95. The van der Waals surface area contributed by atoms with E-state index in [1.165, 1.54) is 23.8 Å². The molecule has 1 aliphatic rings. The normalized spacial score (nSPS) is 13.6. The van der Waals surface area contributed by atoms with Crippen LogP contribution in [-0.2, 0) is 6.54 Å². The Bertz CT molecular complexity index is 1460. The molecule has 0 spiro atoms. The number of anilines is 2. The predicted molar refractivity (Wildman–Crippen MR) is 155 cm³/mol. The van der Waals surface area contributed by atoms with Crippen molar-refractivity contribution in [2.24, 2.45) is 0 Å². The molecule has 1 aromatic heterocycles. The third kappa shape index (κ3) is 6.49. The second kappa shape index (κ2) is 11.9. The number of nitro benzene ring substituents is 1. The van der Waals surface area contributed by atoms with Gasteiger partial charge in [0.15, 0.2) is 10.9 Å². The molecule has 5 rings (SSSR count). The van der Waals surface area contributed by atoms with Crippen molar-refractivity contribution in [3.05, 3.63) is 112 Å². The van der Waals surface area contributed by atoms with Crippen LogP contribution in [0.15, 0.2) is 95.4 Å². The van der Waals surface area contributed by atoms with Crippen LogP contribution in [-0.4, -0.2) is 47.0 Å². The van der Waals surface area contributed by atoms with E-state index in [1.807, 2.05) is 30.3 Å². The third-order valence-electron chi connectivity index (χ3n) is 6.53. The van der Waals surface area contributed by atoms with Crippen molar-refractivity contribution in [3.8, 4) is 11.3 Å². The van der Waals surface area contributed by atoms with E-state index in [0.29, 0.717) is 5.56 Å². The highest BCUT2D eigenvalue weighted by Crippen LogP contribution is 2.30. The van der Waals surface area contributed by atoms with Gasteiger partial charge in [-0.3, -0.25) is 25.1 Å². The minimum absolute atomic E-state index is 0.00550. The summed E-state index contributed by atoms with van der Waals surface area (Å²) in [4.78, 5) is 28.3. The van der Waals surface area contributed by atoms with E-state index in [4.69, 9.17) is 16.6 Å². The van der Waals surface area contributed by atoms with Gasteiger partial charge >= 0.3 is 0 Å². The highest BCUT2D eigenvalue weighted by Gasteiger charge is 2.20. The standard InChI is InChI=1S/C29H27N5O4S/c35-28(27-15-14-26(38-27)24-8-4-5-9-25(24)34(36)37)31-29(39)30-22-10-12-23(13-11-22)33-18-16-32(17-19-33)20-21-6-2-1-3-7-21/h1-15H,16-20H2,(H2,30,31,35,39). The Labute approximate surface area is 231 Å². The first-order valence-corrected chi connectivity index (χ1v) is 12.9. The smallest absolute Gasteiger partial charge is 0.293 e. The molecule has 10 heteroatoms. The molecular formula is C29H27N5O4S. The van der Waals surface area contributed by atoms with Crippen molar-refractivity contribution in [2.45, 2.75) is 6.54 Å². The van der Waals surface area contributed by atoms with Gasteiger partial charge in [0.25, 0.3) is 11.6 Å². The van der Waals surface area contributed by atoms with Crippen LogP contribution in [0.2, 0.25) is 0 Å². The first-order chi connectivity index (χ1) is 19.0. The maximum atomic E-state index is 12.6. The average Bonchev–Trinajstić information content (AvgIpc) is 3.45. The zero-order valence-corrected chi connectivity index (χ0v) is 21.9.